The number of aliphatic hydroxyl groups is 4. The maximum atomic E-state index is 12.8. The molecule has 2 aromatic rings. The highest BCUT2D eigenvalue weighted by molar-refractivity contribution is 6.39. The van der Waals surface area contributed by atoms with Gasteiger partial charge in [-0.2, -0.15) is 0 Å². The molecule has 0 unspecified atom stereocenters. The number of carbonyl (C=O) groups is 1. The molecule has 1 heterocycles. The fraction of sp³-hybridized carbons (Fsp3) is 0.409. The van der Waals surface area contributed by atoms with Crippen molar-refractivity contribution in [3.63, 3.8) is 0 Å². The minimum Gasteiger partial charge on any atom is -0.494 e. The van der Waals surface area contributed by atoms with Crippen LogP contribution in [0.15, 0.2) is 36.4 Å². The minimum absolute atomic E-state index is 0.00551. The van der Waals surface area contributed by atoms with E-state index < -0.39 is 49.7 Å². The Morgan fingerprint density at radius 3 is 2.42 bits per heavy atom. The first kappa shape index (κ1) is 25.7. The summed E-state index contributed by atoms with van der Waals surface area (Å²) in [5.41, 5.74) is 0.878. The van der Waals surface area contributed by atoms with E-state index in [4.69, 9.17) is 47.3 Å². The van der Waals surface area contributed by atoms with Crippen LogP contribution in [0.1, 0.15) is 15.9 Å². The van der Waals surface area contributed by atoms with Crippen LogP contribution in [0, 0.1) is 0 Å². The van der Waals surface area contributed by atoms with Crippen LogP contribution >= 0.6 is 23.2 Å². The Hall–Kier alpha value is -1.95. The topological polar surface area (TPSA) is 135 Å². The molecule has 0 aromatic heterocycles. The number of benzene rings is 2. The Kier molecular flexibility index (Phi) is 8.91. The van der Waals surface area contributed by atoms with Gasteiger partial charge in [0.15, 0.2) is 23.6 Å². The van der Waals surface area contributed by atoms with Crippen LogP contribution in [0.4, 0.5) is 0 Å². The monoisotopic (exact) mass is 502 g/mol. The number of Topliss-reactive ketones (excluding diaryl/α,β-unsaturated/α-hetero) is 1. The van der Waals surface area contributed by atoms with Gasteiger partial charge in [-0.3, -0.25) is 4.79 Å². The molecule has 2 aromatic carbocycles. The number of hydrogen-bond acceptors (Lipinski definition) is 9. The normalized spacial score (nSPS) is 25.0. The molecule has 9 nitrogen and oxygen atoms in total. The number of rotatable bonds is 9. The lowest BCUT2D eigenvalue weighted by Crippen LogP contribution is -2.59. The third-order valence-corrected chi connectivity index (χ3v) is 5.74. The van der Waals surface area contributed by atoms with Crippen LogP contribution in [-0.4, -0.2) is 77.2 Å². The smallest absolute Gasteiger partial charge is 0.192 e. The van der Waals surface area contributed by atoms with Crippen molar-refractivity contribution in [2.75, 3.05) is 20.3 Å². The lowest BCUT2D eigenvalue weighted by atomic mass is 9.99. The van der Waals surface area contributed by atoms with Crippen molar-refractivity contribution in [1.82, 2.24) is 0 Å². The number of ketones is 1. The van der Waals surface area contributed by atoms with Crippen LogP contribution in [-0.2, 0) is 16.1 Å². The molecule has 180 valence electrons. The van der Waals surface area contributed by atoms with E-state index >= 15 is 0 Å². The van der Waals surface area contributed by atoms with Gasteiger partial charge in [0, 0.05) is 0 Å². The average molecular weight is 503 g/mol. The quantitative estimate of drug-likeness (QED) is 0.376. The highest BCUT2D eigenvalue weighted by Crippen LogP contribution is 2.43. The van der Waals surface area contributed by atoms with Gasteiger partial charge in [-0.1, -0.05) is 53.5 Å². The molecule has 0 spiro atoms. The van der Waals surface area contributed by atoms with E-state index in [1.807, 2.05) is 30.3 Å². The zero-order chi connectivity index (χ0) is 24.1. The third kappa shape index (κ3) is 5.76. The van der Waals surface area contributed by atoms with Gasteiger partial charge < -0.3 is 39.4 Å². The van der Waals surface area contributed by atoms with E-state index in [9.17, 15) is 20.1 Å². The van der Waals surface area contributed by atoms with Crippen LogP contribution in [0.2, 0.25) is 10.0 Å². The number of halogens is 2. The Morgan fingerprint density at radius 1 is 1.09 bits per heavy atom. The first-order valence-electron chi connectivity index (χ1n) is 9.96. The first-order valence-corrected chi connectivity index (χ1v) is 10.7. The summed E-state index contributed by atoms with van der Waals surface area (Å²) in [7, 11) is 1.32. The zero-order valence-electron chi connectivity index (χ0n) is 17.6. The van der Waals surface area contributed by atoms with Crippen molar-refractivity contribution in [3.8, 4) is 11.5 Å². The Balaban J connectivity index is 1.73. The van der Waals surface area contributed by atoms with Crippen LogP contribution in [0.3, 0.4) is 0 Å². The van der Waals surface area contributed by atoms with E-state index in [0.29, 0.717) is 0 Å². The van der Waals surface area contributed by atoms with Crippen LogP contribution in [0.25, 0.3) is 0 Å². The van der Waals surface area contributed by atoms with Crippen molar-refractivity contribution in [2.45, 2.75) is 37.3 Å². The van der Waals surface area contributed by atoms with E-state index in [2.05, 4.69) is 0 Å². The Labute approximate surface area is 200 Å². The second-order valence-corrected chi connectivity index (χ2v) is 8.07. The SMILES string of the molecule is COc1c(C(=O)CO[C@@H]2[C@@H](O)[C@@H](O)[C@@H](CO)O[C@@H]2O)cc(Cl)c(OCc2ccccc2)c1Cl. The zero-order valence-corrected chi connectivity index (χ0v) is 19.1. The average Bonchev–Trinajstić information content (AvgIpc) is 2.81. The standard InChI is InChI=1S/C22H24Cl2O9/c1-30-19-12(7-13(23)20(16(19)24)31-9-11-5-3-2-4-6-11)14(26)10-32-21-18(28)17(27)15(8-25)33-22(21)29/h2-7,15,17-18,21-22,25,27-29H,8-10H2,1H3/t15-,17+,18+,21-,22+/m1/s1. The number of carbonyl (C=O) groups excluding carboxylic acids is 1. The van der Waals surface area contributed by atoms with Crippen LogP contribution < -0.4 is 9.47 Å². The summed E-state index contributed by atoms with van der Waals surface area (Å²) in [4.78, 5) is 12.8. The molecule has 1 aliphatic heterocycles. The van der Waals surface area contributed by atoms with Gasteiger partial charge in [-0.15, -0.1) is 0 Å². The second kappa shape index (κ2) is 11.5. The van der Waals surface area contributed by atoms with Gasteiger partial charge >= 0.3 is 0 Å². The van der Waals surface area contributed by atoms with Crippen molar-refractivity contribution >= 4 is 29.0 Å². The van der Waals surface area contributed by atoms with Gasteiger partial charge in [0.05, 0.1) is 24.3 Å². The highest BCUT2D eigenvalue weighted by Gasteiger charge is 2.44. The number of ether oxygens (including phenoxy) is 4. The summed E-state index contributed by atoms with van der Waals surface area (Å²) in [5, 5.41) is 39.3. The first-order chi connectivity index (χ1) is 15.8. The maximum absolute atomic E-state index is 12.8. The number of methoxy groups -OCH3 is 1. The van der Waals surface area contributed by atoms with Gasteiger partial charge in [-0.05, 0) is 11.6 Å². The van der Waals surface area contributed by atoms with Gasteiger partial charge in [0.25, 0.3) is 0 Å². The molecular formula is C22H24Cl2O9. The molecule has 1 aliphatic rings. The summed E-state index contributed by atoms with van der Waals surface area (Å²) in [6.07, 6.45) is -7.40. The molecule has 0 saturated carbocycles. The highest BCUT2D eigenvalue weighted by atomic mass is 35.5. The van der Waals surface area contributed by atoms with Crippen molar-refractivity contribution in [1.29, 1.82) is 0 Å². The van der Waals surface area contributed by atoms with Gasteiger partial charge in [0.1, 0.15) is 42.7 Å². The summed E-state index contributed by atoms with van der Waals surface area (Å²) in [6, 6.07) is 10.6. The lowest BCUT2D eigenvalue weighted by molar-refractivity contribution is -0.294. The molecule has 0 amide bonds. The van der Waals surface area contributed by atoms with Gasteiger partial charge in [-0.25, -0.2) is 0 Å². The minimum atomic E-state index is -1.67. The number of aliphatic hydroxyl groups excluding tert-OH is 4. The van der Waals surface area contributed by atoms with Crippen molar-refractivity contribution < 1.29 is 44.2 Å². The second-order valence-electron chi connectivity index (χ2n) is 7.28. The predicted molar refractivity (Wildman–Crippen MR) is 118 cm³/mol. The lowest BCUT2D eigenvalue weighted by Gasteiger charge is -2.39. The molecule has 1 saturated heterocycles. The molecule has 0 radical (unpaired) electrons. The third-order valence-electron chi connectivity index (χ3n) is 5.11. The van der Waals surface area contributed by atoms with E-state index in [1.165, 1.54) is 13.2 Å². The fourth-order valence-corrected chi connectivity index (χ4v) is 4.00. The van der Waals surface area contributed by atoms with E-state index in [1.54, 1.807) is 0 Å². The molecule has 5 atom stereocenters. The largest absolute Gasteiger partial charge is 0.494 e. The molecule has 1 fully saturated rings. The summed E-state index contributed by atoms with van der Waals surface area (Å²) in [6.45, 7) is -1.05. The molecule has 3 rings (SSSR count). The van der Waals surface area contributed by atoms with Gasteiger partial charge in [0.2, 0.25) is 0 Å². The fourth-order valence-electron chi connectivity index (χ4n) is 3.35. The van der Waals surface area contributed by atoms with Crippen molar-refractivity contribution in [3.05, 3.63) is 57.6 Å². The molecule has 11 heteroatoms. The van der Waals surface area contributed by atoms with E-state index in [-0.39, 0.29) is 33.7 Å². The number of hydrogen-bond donors (Lipinski definition) is 4. The predicted octanol–water partition coefficient (Wildman–Crippen LogP) is 1.58. The van der Waals surface area contributed by atoms with Crippen LogP contribution in [0.5, 0.6) is 11.5 Å². The maximum Gasteiger partial charge on any atom is 0.192 e. The Bertz CT molecular complexity index is 957. The summed E-state index contributed by atoms with van der Waals surface area (Å²) < 4.78 is 21.3. The summed E-state index contributed by atoms with van der Waals surface area (Å²) in [5.74, 6) is -0.469. The van der Waals surface area contributed by atoms with E-state index in [0.717, 1.165) is 5.56 Å². The Morgan fingerprint density at radius 2 is 1.79 bits per heavy atom. The molecular weight excluding hydrogens is 479 g/mol. The van der Waals surface area contributed by atoms with Crippen molar-refractivity contribution in [2.24, 2.45) is 0 Å². The molecule has 33 heavy (non-hydrogen) atoms. The summed E-state index contributed by atoms with van der Waals surface area (Å²) >= 11 is 12.7. The molecule has 4 N–H and O–H groups in total. The molecule has 0 bridgehead atoms. The molecule has 0 aliphatic carbocycles.